The zero-order valence-electron chi connectivity index (χ0n) is 27.6. The van der Waals surface area contributed by atoms with Gasteiger partial charge in [-0.25, -0.2) is 9.48 Å². The number of carbonyl (C=O) groups is 3. The van der Waals surface area contributed by atoms with E-state index < -0.39 is 6.09 Å². The summed E-state index contributed by atoms with van der Waals surface area (Å²) in [6.45, 7) is 6.35. The van der Waals surface area contributed by atoms with E-state index >= 15 is 0 Å². The van der Waals surface area contributed by atoms with Gasteiger partial charge in [0.1, 0.15) is 0 Å². The van der Waals surface area contributed by atoms with Crippen LogP contribution in [-0.2, 0) is 30.7 Å². The Balaban J connectivity index is 1.32. The maximum atomic E-state index is 15.0. The second-order valence-electron chi connectivity index (χ2n) is 12.9. The number of hydrogen-bond donors (Lipinski definition) is 1. The minimum absolute atomic E-state index is 0.0794. The second kappa shape index (κ2) is 13.7. The van der Waals surface area contributed by atoms with Crippen LogP contribution in [0.1, 0.15) is 48.8 Å². The fourth-order valence-electron chi connectivity index (χ4n) is 7.11. The number of carbonyl (C=O) groups excluding carboxylic acids is 2. The van der Waals surface area contributed by atoms with Crippen molar-refractivity contribution in [2.75, 3.05) is 51.3 Å². The molecule has 7 rings (SSSR count). The second-order valence-corrected chi connectivity index (χ2v) is 13.3. The molecule has 4 heterocycles. The van der Waals surface area contributed by atoms with Crippen LogP contribution < -0.4 is 4.90 Å². The van der Waals surface area contributed by atoms with Crippen LogP contribution in [0.3, 0.4) is 0 Å². The number of hydrogen-bond acceptors (Lipinski definition) is 6. The van der Waals surface area contributed by atoms with Gasteiger partial charge in [0.25, 0.3) is 11.8 Å². The molecule has 1 saturated heterocycles. The summed E-state index contributed by atoms with van der Waals surface area (Å²) in [7, 11) is 1.67. The number of aromatic nitrogens is 2. The molecule has 254 valence electrons. The number of fused-ring (bicyclic) bond motifs is 2. The molecule has 3 amide bonds. The maximum Gasteiger partial charge on any atom is 0.407 e. The molecule has 0 unspecified atom stereocenters. The van der Waals surface area contributed by atoms with E-state index in [9.17, 15) is 19.5 Å². The molecule has 0 bridgehead atoms. The lowest BCUT2D eigenvalue weighted by atomic mass is 9.91. The Morgan fingerprint density at radius 1 is 0.939 bits per heavy atom. The van der Waals surface area contributed by atoms with Crippen molar-refractivity contribution in [3.63, 3.8) is 0 Å². The molecule has 12 heteroatoms. The molecule has 0 radical (unpaired) electrons. The molecule has 11 nitrogen and oxygen atoms in total. The molecule has 4 aromatic rings. The van der Waals surface area contributed by atoms with E-state index in [0.29, 0.717) is 68.3 Å². The molecular weight excluding hydrogens is 644 g/mol. The van der Waals surface area contributed by atoms with Crippen LogP contribution in [0.15, 0.2) is 66.7 Å². The zero-order valence-corrected chi connectivity index (χ0v) is 28.4. The summed E-state index contributed by atoms with van der Waals surface area (Å²) in [6.07, 6.45) is 0.195. The van der Waals surface area contributed by atoms with E-state index in [0.717, 1.165) is 29.8 Å². The van der Waals surface area contributed by atoms with Crippen molar-refractivity contribution >= 4 is 35.2 Å². The number of anilines is 1. The van der Waals surface area contributed by atoms with Crippen molar-refractivity contribution in [3.8, 4) is 5.69 Å². The molecule has 1 atom stereocenters. The van der Waals surface area contributed by atoms with Crippen LogP contribution in [0.5, 0.6) is 0 Å². The van der Waals surface area contributed by atoms with Gasteiger partial charge in [0.05, 0.1) is 35.2 Å². The van der Waals surface area contributed by atoms with Crippen LogP contribution in [0.25, 0.3) is 5.69 Å². The Kier molecular flexibility index (Phi) is 9.15. The number of rotatable bonds is 6. The number of benzene rings is 3. The van der Waals surface area contributed by atoms with Gasteiger partial charge in [0, 0.05) is 58.0 Å². The highest BCUT2D eigenvalue weighted by Gasteiger charge is 2.35. The van der Waals surface area contributed by atoms with Gasteiger partial charge >= 0.3 is 6.09 Å². The molecule has 3 aliphatic rings. The topological polar surface area (TPSA) is 111 Å². The Hall–Kier alpha value is -4.71. The summed E-state index contributed by atoms with van der Waals surface area (Å²) < 4.78 is 7.19. The molecular formula is C37H39ClN6O5. The number of para-hydroxylation sites is 1. The van der Waals surface area contributed by atoms with Gasteiger partial charge in [-0.2, -0.15) is 5.10 Å². The first-order valence-electron chi connectivity index (χ1n) is 16.6. The Morgan fingerprint density at radius 3 is 2.39 bits per heavy atom. The van der Waals surface area contributed by atoms with E-state index in [4.69, 9.17) is 21.4 Å². The molecule has 1 aromatic heterocycles. The maximum absolute atomic E-state index is 15.0. The normalized spacial score (nSPS) is 17.7. The van der Waals surface area contributed by atoms with Crippen molar-refractivity contribution < 1.29 is 24.2 Å². The predicted octanol–water partition coefficient (Wildman–Crippen LogP) is 5.05. The summed E-state index contributed by atoms with van der Waals surface area (Å²) in [6, 6.07) is 21.1. The van der Waals surface area contributed by atoms with Crippen molar-refractivity contribution in [2.45, 2.75) is 38.9 Å². The van der Waals surface area contributed by atoms with Crippen LogP contribution in [0.4, 0.5) is 10.5 Å². The summed E-state index contributed by atoms with van der Waals surface area (Å²) in [5, 5.41) is 14.7. The standard InChI is InChI=1S/C37H39ClN6O5/c1-24-33(38)34(36(46)40(2)29-10-4-3-5-11-29)39-44(24)32-20-26-12-13-42(37(47)48)21-28(26)19-31(32)35(45)43-22-27-9-7-6-8-25(27)18-30(43)23-41-14-16-49-17-15-41/h3-11,19-20,30H,12-18,21-23H2,1-2H3,(H,47,48)/t30-/m0/s1. The number of nitrogens with zero attached hydrogens (tertiary/aromatic N) is 6. The van der Waals surface area contributed by atoms with E-state index in [-0.39, 0.29) is 35.1 Å². The number of halogens is 1. The average Bonchev–Trinajstić information content (AvgIpc) is 3.43. The number of ether oxygens (including phenoxy) is 1. The SMILES string of the molecule is Cc1c(Cl)c(C(=O)N(C)c2ccccc2)nn1-c1cc2c(cc1C(=O)N1Cc3ccccc3C[C@H]1CN1CCOCC1)CN(C(=O)O)CC2. The van der Waals surface area contributed by atoms with Gasteiger partial charge in [-0.05, 0) is 66.3 Å². The number of amides is 3. The number of morpholine rings is 1. The highest BCUT2D eigenvalue weighted by molar-refractivity contribution is 6.34. The highest BCUT2D eigenvalue weighted by atomic mass is 35.5. The Bertz CT molecular complexity index is 1910. The van der Waals surface area contributed by atoms with Gasteiger partial charge in [-0.3, -0.25) is 14.5 Å². The third kappa shape index (κ3) is 6.41. The van der Waals surface area contributed by atoms with E-state index in [1.54, 1.807) is 18.7 Å². The lowest BCUT2D eigenvalue weighted by Gasteiger charge is -2.41. The number of carboxylic acid groups (broad SMARTS) is 1. The smallest absolute Gasteiger partial charge is 0.407 e. The van der Waals surface area contributed by atoms with E-state index in [1.165, 1.54) is 15.4 Å². The molecule has 0 saturated carbocycles. The molecule has 3 aromatic carbocycles. The van der Waals surface area contributed by atoms with Gasteiger partial charge in [0.2, 0.25) is 0 Å². The van der Waals surface area contributed by atoms with Crippen molar-refractivity contribution in [3.05, 3.63) is 111 Å². The van der Waals surface area contributed by atoms with Crippen molar-refractivity contribution in [2.24, 2.45) is 0 Å². The molecule has 0 spiro atoms. The molecule has 0 aliphatic carbocycles. The lowest BCUT2D eigenvalue weighted by Crippen LogP contribution is -2.52. The summed E-state index contributed by atoms with van der Waals surface area (Å²) in [4.78, 5) is 47.8. The lowest BCUT2D eigenvalue weighted by molar-refractivity contribution is 0.0192. The Morgan fingerprint density at radius 2 is 1.65 bits per heavy atom. The third-order valence-corrected chi connectivity index (χ3v) is 10.4. The largest absolute Gasteiger partial charge is 0.465 e. The van der Waals surface area contributed by atoms with Crippen LogP contribution in [0, 0.1) is 6.92 Å². The van der Waals surface area contributed by atoms with Gasteiger partial charge in [-0.1, -0.05) is 54.1 Å². The summed E-state index contributed by atoms with van der Waals surface area (Å²) in [5.74, 6) is -0.558. The minimum atomic E-state index is -0.999. The monoisotopic (exact) mass is 682 g/mol. The fourth-order valence-corrected chi connectivity index (χ4v) is 7.31. The first-order valence-corrected chi connectivity index (χ1v) is 17.0. The highest BCUT2D eigenvalue weighted by Crippen LogP contribution is 2.33. The van der Waals surface area contributed by atoms with Gasteiger partial charge < -0.3 is 24.5 Å². The minimum Gasteiger partial charge on any atom is -0.465 e. The third-order valence-electron chi connectivity index (χ3n) is 9.94. The molecule has 3 aliphatic heterocycles. The first-order chi connectivity index (χ1) is 23.7. The van der Waals surface area contributed by atoms with Crippen molar-refractivity contribution in [1.82, 2.24) is 24.5 Å². The van der Waals surface area contributed by atoms with Crippen LogP contribution >= 0.6 is 11.6 Å². The van der Waals surface area contributed by atoms with Gasteiger partial charge in [0.15, 0.2) is 5.69 Å². The molecule has 1 N–H and O–H groups in total. The predicted molar refractivity (Wildman–Crippen MR) is 186 cm³/mol. The molecule has 1 fully saturated rings. The van der Waals surface area contributed by atoms with E-state index in [1.807, 2.05) is 59.5 Å². The summed E-state index contributed by atoms with van der Waals surface area (Å²) >= 11 is 6.84. The molecule has 49 heavy (non-hydrogen) atoms. The summed E-state index contributed by atoms with van der Waals surface area (Å²) in [5.41, 5.74) is 6.23. The zero-order chi connectivity index (χ0) is 34.2. The van der Waals surface area contributed by atoms with Crippen LogP contribution in [-0.4, -0.2) is 100.0 Å². The fraction of sp³-hybridized carbons (Fsp3) is 0.351. The Labute approximate surface area is 290 Å². The average molecular weight is 683 g/mol. The first kappa shape index (κ1) is 32.8. The van der Waals surface area contributed by atoms with Gasteiger partial charge in [-0.15, -0.1) is 0 Å². The van der Waals surface area contributed by atoms with Crippen molar-refractivity contribution in [1.29, 1.82) is 0 Å². The van der Waals surface area contributed by atoms with Crippen LogP contribution in [0.2, 0.25) is 5.02 Å². The van der Waals surface area contributed by atoms with E-state index in [2.05, 4.69) is 17.0 Å². The quantitative estimate of drug-likeness (QED) is 0.303.